The Balaban J connectivity index is 1.90. The topological polar surface area (TPSA) is 64.0 Å². The summed E-state index contributed by atoms with van der Waals surface area (Å²) in [6.07, 6.45) is 1.50. The Labute approximate surface area is 155 Å². The molecule has 1 N–H and O–H groups in total. The summed E-state index contributed by atoms with van der Waals surface area (Å²) in [6.45, 7) is 6.33. The standard InChI is InChI=1S/C20H25N3O2S/c1-4-5-13-26(24,25)22-20-15(2)21-23(16(20)3)14-18-11-8-10-17-9-6-7-12-19(17)18/h6-12,22H,4-5,13-14H2,1-3H3. The lowest BCUT2D eigenvalue weighted by molar-refractivity contribution is 0.597. The van der Waals surface area contributed by atoms with Gasteiger partial charge in [0.2, 0.25) is 10.0 Å². The van der Waals surface area contributed by atoms with Gasteiger partial charge in [-0.05, 0) is 36.6 Å². The van der Waals surface area contributed by atoms with Gasteiger partial charge in [-0.2, -0.15) is 5.10 Å². The first kappa shape index (κ1) is 18.5. The average molecular weight is 372 g/mol. The third-order valence-corrected chi connectivity index (χ3v) is 5.95. The normalized spacial score (nSPS) is 11.8. The minimum absolute atomic E-state index is 0.136. The zero-order valence-corrected chi connectivity index (χ0v) is 16.3. The monoisotopic (exact) mass is 371 g/mol. The van der Waals surface area contributed by atoms with E-state index in [1.165, 1.54) is 10.8 Å². The van der Waals surface area contributed by atoms with E-state index in [0.717, 1.165) is 17.7 Å². The van der Waals surface area contributed by atoms with E-state index in [1.807, 2.05) is 43.7 Å². The Kier molecular flexibility index (Phi) is 5.32. The number of hydrogen-bond acceptors (Lipinski definition) is 3. The molecule has 26 heavy (non-hydrogen) atoms. The molecule has 0 aliphatic heterocycles. The summed E-state index contributed by atoms with van der Waals surface area (Å²) < 4.78 is 29.1. The molecule has 3 rings (SSSR count). The molecule has 2 aromatic carbocycles. The molecule has 0 atom stereocenters. The molecule has 0 unspecified atom stereocenters. The van der Waals surface area contributed by atoms with Crippen molar-refractivity contribution in [2.45, 2.75) is 40.2 Å². The molecule has 0 aliphatic carbocycles. The van der Waals surface area contributed by atoms with E-state index in [4.69, 9.17) is 0 Å². The van der Waals surface area contributed by atoms with Crippen molar-refractivity contribution in [3.8, 4) is 0 Å². The first-order chi connectivity index (χ1) is 12.4. The summed E-state index contributed by atoms with van der Waals surface area (Å²) in [4.78, 5) is 0. The van der Waals surface area contributed by atoms with Gasteiger partial charge in [-0.25, -0.2) is 8.42 Å². The quantitative estimate of drug-likeness (QED) is 0.675. The minimum atomic E-state index is -3.34. The number of unbranched alkanes of at least 4 members (excludes halogenated alkanes) is 1. The van der Waals surface area contributed by atoms with Gasteiger partial charge in [0.05, 0.1) is 29.4 Å². The smallest absolute Gasteiger partial charge is 0.232 e. The molecule has 0 spiro atoms. The van der Waals surface area contributed by atoms with Crippen LogP contribution in [0.1, 0.15) is 36.7 Å². The zero-order valence-electron chi connectivity index (χ0n) is 15.5. The molecule has 0 saturated heterocycles. The van der Waals surface area contributed by atoms with E-state index in [0.29, 0.717) is 24.3 Å². The number of sulfonamides is 1. The summed E-state index contributed by atoms with van der Waals surface area (Å²) in [6, 6.07) is 14.5. The minimum Gasteiger partial charge on any atom is -0.280 e. The van der Waals surface area contributed by atoms with Crippen LogP contribution in [0.4, 0.5) is 5.69 Å². The largest absolute Gasteiger partial charge is 0.280 e. The molecule has 0 bridgehead atoms. The number of rotatable bonds is 7. The molecule has 0 amide bonds. The molecule has 3 aromatic rings. The number of benzene rings is 2. The van der Waals surface area contributed by atoms with Crippen molar-refractivity contribution in [2.75, 3.05) is 10.5 Å². The van der Waals surface area contributed by atoms with Crippen molar-refractivity contribution in [2.24, 2.45) is 0 Å². The van der Waals surface area contributed by atoms with Gasteiger partial charge in [0, 0.05) is 0 Å². The van der Waals surface area contributed by atoms with Gasteiger partial charge in [-0.15, -0.1) is 0 Å². The third-order valence-electron chi connectivity index (χ3n) is 4.61. The van der Waals surface area contributed by atoms with Crippen LogP contribution in [-0.2, 0) is 16.6 Å². The van der Waals surface area contributed by atoms with Crippen LogP contribution in [0.2, 0.25) is 0 Å². The van der Waals surface area contributed by atoms with Gasteiger partial charge in [0.15, 0.2) is 0 Å². The molecule has 0 radical (unpaired) electrons. The average Bonchev–Trinajstić information content (AvgIpc) is 2.87. The molecular formula is C20H25N3O2S. The SMILES string of the molecule is CCCCS(=O)(=O)Nc1c(C)nn(Cc2cccc3ccccc23)c1C. The fourth-order valence-electron chi connectivity index (χ4n) is 3.13. The third kappa shape index (κ3) is 3.90. The lowest BCUT2D eigenvalue weighted by Gasteiger charge is -2.10. The summed E-state index contributed by atoms with van der Waals surface area (Å²) in [7, 11) is -3.34. The summed E-state index contributed by atoms with van der Waals surface area (Å²) in [5.74, 6) is 0.136. The molecule has 5 nitrogen and oxygen atoms in total. The summed E-state index contributed by atoms with van der Waals surface area (Å²) >= 11 is 0. The number of anilines is 1. The van der Waals surface area contributed by atoms with E-state index in [9.17, 15) is 8.42 Å². The number of hydrogen-bond donors (Lipinski definition) is 1. The van der Waals surface area contributed by atoms with Crippen molar-refractivity contribution in [1.29, 1.82) is 0 Å². The Morgan fingerprint density at radius 1 is 1.08 bits per heavy atom. The van der Waals surface area contributed by atoms with Crippen molar-refractivity contribution < 1.29 is 8.42 Å². The van der Waals surface area contributed by atoms with E-state index >= 15 is 0 Å². The number of nitrogens with zero attached hydrogens (tertiary/aromatic N) is 2. The van der Waals surface area contributed by atoms with Crippen molar-refractivity contribution in [3.05, 3.63) is 59.4 Å². The van der Waals surface area contributed by atoms with E-state index in [-0.39, 0.29) is 5.75 Å². The number of fused-ring (bicyclic) bond motifs is 1. The van der Waals surface area contributed by atoms with Crippen LogP contribution >= 0.6 is 0 Å². The van der Waals surface area contributed by atoms with Crippen LogP contribution < -0.4 is 4.72 Å². The molecular weight excluding hydrogens is 346 g/mol. The van der Waals surface area contributed by atoms with Crippen LogP contribution in [0.3, 0.4) is 0 Å². The Morgan fingerprint density at radius 2 is 1.81 bits per heavy atom. The first-order valence-electron chi connectivity index (χ1n) is 8.92. The summed E-state index contributed by atoms with van der Waals surface area (Å²) in [5, 5.41) is 6.94. The van der Waals surface area contributed by atoms with E-state index < -0.39 is 10.0 Å². The molecule has 0 aliphatic rings. The van der Waals surface area contributed by atoms with Gasteiger partial charge >= 0.3 is 0 Å². The van der Waals surface area contributed by atoms with E-state index in [2.05, 4.69) is 34.1 Å². The van der Waals surface area contributed by atoms with Crippen LogP contribution in [0.25, 0.3) is 10.8 Å². The van der Waals surface area contributed by atoms with Gasteiger partial charge in [0.1, 0.15) is 0 Å². The van der Waals surface area contributed by atoms with Gasteiger partial charge in [0.25, 0.3) is 0 Å². The number of aryl methyl sites for hydroxylation is 1. The second kappa shape index (κ2) is 7.50. The molecule has 6 heteroatoms. The van der Waals surface area contributed by atoms with Crippen LogP contribution in [-0.4, -0.2) is 24.0 Å². The maximum absolute atomic E-state index is 12.3. The van der Waals surface area contributed by atoms with Gasteiger partial charge < -0.3 is 0 Å². The lowest BCUT2D eigenvalue weighted by atomic mass is 10.0. The number of aromatic nitrogens is 2. The molecule has 0 saturated carbocycles. The molecule has 0 fully saturated rings. The summed E-state index contributed by atoms with van der Waals surface area (Å²) in [5.41, 5.74) is 3.29. The fourth-order valence-corrected chi connectivity index (χ4v) is 4.51. The van der Waals surface area contributed by atoms with Crippen LogP contribution in [0.15, 0.2) is 42.5 Å². The maximum atomic E-state index is 12.3. The second-order valence-corrected chi connectivity index (χ2v) is 8.46. The zero-order chi connectivity index (χ0) is 18.7. The Morgan fingerprint density at radius 3 is 2.58 bits per heavy atom. The number of nitrogens with one attached hydrogen (secondary N) is 1. The van der Waals surface area contributed by atoms with Gasteiger partial charge in [-0.1, -0.05) is 55.8 Å². The fraction of sp³-hybridized carbons (Fsp3) is 0.350. The molecule has 138 valence electrons. The lowest BCUT2D eigenvalue weighted by Crippen LogP contribution is -2.17. The Hall–Kier alpha value is -2.34. The molecule has 1 aromatic heterocycles. The van der Waals surface area contributed by atoms with E-state index in [1.54, 1.807) is 0 Å². The highest BCUT2D eigenvalue weighted by Crippen LogP contribution is 2.24. The van der Waals surface area contributed by atoms with Crippen molar-refractivity contribution >= 4 is 26.5 Å². The predicted molar refractivity (Wildman–Crippen MR) is 107 cm³/mol. The van der Waals surface area contributed by atoms with Crippen molar-refractivity contribution in [1.82, 2.24) is 9.78 Å². The highest BCUT2D eigenvalue weighted by molar-refractivity contribution is 7.92. The highest BCUT2D eigenvalue weighted by atomic mass is 32.2. The molecule has 1 heterocycles. The van der Waals surface area contributed by atoms with Crippen LogP contribution in [0, 0.1) is 13.8 Å². The predicted octanol–water partition coefficient (Wildman–Crippen LogP) is 4.24. The highest BCUT2D eigenvalue weighted by Gasteiger charge is 2.18. The van der Waals surface area contributed by atoms with Gasteiger partial charge in [-0.3, -0.25) is 9.40 Å². The van der Waals surface area contributed by atoms with Crippen molar-refractivity contribution in [3.63, 3.8) is 0 Å². The first-order valence-corrected chi connectivity index (χ1v) is 10.6. The van der Waals surface area contributed by atoms with Crippen LogP contribution in [0.5, 0.6) is 0 Å². The Bertz CT molecular complexity index is 1020. The second-order valence-electron chi connectivity index (χ2n) is 6.62. The maximum Gasteiger partial charge on any atom is 0.232 e.